The topological polar surface area (TPSA) is 64.4 Å². The van der Waals surface area contributed by atoms with Gasteiger partial charge in [0.25, 0.3) is 0 Å². The van der Waals surface area contributed by atoms with Gasteiger partial charge in [-0.1, -0.05) is 26.0 Å². The summed E-state index contributed by atoms with van der Waals surface area (Å²) in [6.07, 6.45) is 12.1. The molecule has 4 saturated carbocycles. The largest absolute Gasteiger partial charge is 0.494 e. The molecule has 0 bridgehead atoms. The van der Waals surface area contributed by atoms with Gasteiger partial charge < -0.3 is 9.84 Å². The van der Waals surface area contributed by atoms with Crippen LogP contribution < -0.4 is 4.74 Å². The highest BCUT2D eigenvalue weighted by atomic mass is 16.5. The molecule has 2 aromatic rings. The molecule has 0 spiro atoms. The maximum absolute atomic E-state index is 13.8. The minimum atomic E-state index is -0.482. The number of para-hydroxylation sites is 1. The molecule has 190 valence electrons. The summed E-state index contributed by atoms with van der Waals surface area (Å²) in [4.78, 5) is 13.8. The van der Waals surface area contributed by atoms with Crippen molar-refractivity contribution in [1.82, 2.24) is 9.78 Å². The maximum Gasteiger partial charge on any atom is 0.157 e. The smallest absolute Gasteiger partial charge is 0.157 e. The number of methoxy groups -OCH3 is 1. The second-order valence-corrected chi connectivity index (χ2v) is 13.2. The van der Waals surface area contributed by atoms with Crippen LogP contribution in [0.25, 0.3) is 10.9 Å². The lowest BCUT2D eigenvalue weighted by atomic mass is 9.44. The van der Waals surface area contributed by atoms with E-state index >= 15 is 0 Å². The number of carbonyl (C=O) groups excluding carboxylic acids is 1. The van der Waals surface area contributed by atoms with Crippen LogP contribution in [0.1, 0.15) is 78.6 Å². The highest BCUT2D eigenvalue weighted by Crippen LogP contribution is 2.68. The quantitative estimate of drug-likeness (QED) is 0.583. The first-order valence-corrected chi connectivity index (χ1v) is 13.9. The Morgan fingerprint density at radius 3 is 2.66 bits per heavy atom. The van der Waals surface area contributed by atoms with E-state index in [1.165, 1.54) is 25.7 Å². The second kappa shape index (κ2) is 8.06. The molecule has 4 aliphatic rings. The number of ether oxygens (including phenoxy) is 1. The van der Waals surface area contributed by atoms with E-state index in [0.29, 0.717) is 29.6 Å². The monoisotopic (exact) mass is 478 g/mol. The molecule has 1 aromatic carbocycles. The van der Waals surface area contributed by atoms with Crippen LogP contribution >= 0.6 is 0 Å². The average molecular weight is 479 g/mol. The van der Waals surface area contributed by atoms with Gasteiger partial charge in [0.15, 0.2) is 5.78 Å². The summed E-state index contributed by atoms with van der Waals surface area (Å²) in [5.74, 6) is 4.04. The van der Waals surface area contributed by atoms with Gasteiger partial charge in [0.2, 0.25) is 0 Å². The third kappa shape index (κ3) is 3.51. The Labute approximate surface area is 209 Å². The number of hydrogen-bond donors (Lipinski definition) is 1. The van der Waals surface area contributed by atoms with Crippen molar-refractivity contribution in [2.45, 2.75) is 90.7 Å². The van der Waals surface area contributed by atoms with Crippen LogP contribution in [0.2, 0.25) is 0 Å². The van der Waals surface area contributed by atoms with E-state index in [1.807, 2.05) is 36.0 Å². The van der Waals surface area contributed by atoms with E-state index in [4.69, 9.17) is 4.74 Å². The lowest BCUT2D eigenvalue weighted by Crippen LogP contribution is -2.55. The van der Waals surface area contributed by atoms with Gasteiger partial charge in [-0.25, -0.2) is 0 Å². The summed E-state index contributed by atoms with van der Waals surface area (Å²) in [6, 6.07) is 5.95. The van der Waals surface area contributed by atoms with Crippen LogP contribution in [0.3, 0.4) is 0 Å². The summed E-state index contributed by atoms with van der Waals surface area (Å²) < 4.78 is 7.44. The lowest BCUT2D eigenvalue weighted by molar-refractivity contribution is -0.151. The Morgan fingerprint density at radius 2 is 1.86 bits per heavy atom. The van der Waals surface area contributed by atoms with Gasteiger partial charge in [-0.2, -0.15) is 5.10 Å². The van der Waals surface area contributed by atoms with Crippen molar-refractivity contribution >= 4 is 16.7 Å². The molecule has 1 N–H and O–H groups in total. The number of Topliss-reactive ketones (excluding diaryl/α,β-unsaturated/α-hetero) is 1. The summed E-state index contributed by atoms with van der Waals surface area (Å²) in [7, 11) is 1.68. The normalized spacial score (nSPS) is 42.8. The zero-order valence-electron chi connectivity index (χ0n) is 21.9. The van der Waals surface area contributed by atoms with Crippen molar-refractivity contribution in [3.8, 4) is 5.75 Å². The lowest BCUT2D eigenvalue weighted by Gasteiger charge is -2.61. The molecule has 5 nitrogen and oxygen atoms in total. The molecule has 1 heterocycles. The van der Waals surface area contributed by atoms with Crippen LogP contribution in [0.5, 0.6) is 5.75 Å². The molecule has 0 saturated heterocycles. The molecular formula is C30H42N2O3. The fraction of sp³-hybridized carbons (Fsp3) is 0.733. The number of hydrogen-bond acceptors (Lipinski definition) is 4. The second-order valence-electron chi connectivity index (χ2n) is 13.2. The molecule has 4 fully saturated rings. The fourth-order valence-electron chi connectivity index (χ4n) is 9.61. The summed E-state index contributed by atoms with van der Waals surface area (Å²) in [5.41, 5.74) is 0.907. The standard InChI is InChI=1S/C30H42N2O3/c1-28(34)14-15-29(2)20(16-28)8-9-21-22-10-11-24(30(22,3)13-12-23(21)29)25(33)18-32-27-19(17-31-32)6-5-7-26(27)35-4/h5-7,17,20-24,34H,8-16,18H2,1-4H3/t20-,21+,22+,23+,24-,28-,29+,30+/m1/s1. The molecule has 0 radical (unpaired) electrons. The van der Waals surface area contributed by atoms with Gasteiger partial charge in [0.1, 0.15) is 17.8 Å². The van der Waals surface area contributed by atoms with Crippen molar-refractivity contribution in [1.29, 1.82) is 0 Å². The number of nitrogens with zero attached hydrogens (tertiary/aromatic N) is 2. The van der Waals surface area contributed by atoms with E-state index in [9.17, 15) is 9.90 Å². The van der Waals surface area contributed by atoms with Crippen LogP contribution in [0, 0.1) is 40.4 Å². The first kappa shape index (κ1) is 23.5. The van der Waals surface area contributed by atoms with E-state index in [2.05, 4.69) is 18.9 Å². The summed E-state index contributed by atoms with van der Waals surface area (Å²) >= 11 is 0. The molecule has 0 aliphatic heterocycles. The third-order valence-corrected chi connectivity index (χ3v) is 11.5. The Hall–Kier alpha value is -1.88. The SMILES string of the molecule is COc1cccc2cnn(CC(=O)[C@H]3CC[C@H]4[C@@H]5CC[C@@H]6C[C@](C)(O)CC[C@]6(C)[C@H]5CC[C@]34C)c12. The first-order chi connectivity index (χ1) is 16.7. The van der Waals surface area contributed by atoms with Crippen molar-refractivity contribution < 1.29 is 14.6 Å². The van der Waals surface area contributed by atoms with E-state index in [0.717, 1.165) is 60.6 Å². The first-order valence-electron chi connectivity index (χ1n) is 13.9. The summed E-state index contributed by atoms with van der Waals surface area (Å²) in [6.45, 7) is 7.35. The van der Waals surface area contributed by atoms with Crippen LogP contribution in [0.15, 0.2) is 24.4 Å². The van der Waals surface area contributed by atoms with Gasteiger partial charge in [-0.3, -0.25) is 9.48 Å². The Balaban J connectivity index is 1.23. The molecule has 35 heavy (non-hydrogen) atoms. The highest BCUT2D eigenvalue weighted by Gasteiger charge is 2.61. The highest BCUT2D eigenvalue weighted by molar-refractivity contribution is 5.88. The predicted octanol–water partition coefficient (Wildman–Crippen LogP) is 6.02. The Kier molecular flexibility index (Phi) is 5.42. The Bertz CT molecular complexity index is 1140. The van der Waals surface area contributed by atoms with Gasteiger partial charge in [-0.05, 0) is 105 Å². The predicted molar refractivity (Wildman–Crippen MR) is 137 cm³/mol. The minimum Gasteiger partial charge on any atom is -0.494 e. The van der Waals surface area contributed by atoms with Crippen LogP contribution in [-0.4, -0.2) is 33.4 Å². The molecule has 5 heteroatoms. The summed E-state index contributed by atoms with van der Waals surface area (Å²) in [5, 5.41) is 16.4. The number of benzene rings is 1. The van der Waals surface area contributed by atoms with Crippen molar-refractivity contribution in [3.63, 3.8) is 0 Å². The van der Waals surface area contributed by atoms with Crippen molar-refractivity contribution in [2.75, 3.05) is 7.11 Å². The number of ketones is 1. The number of aliphatic hydroxyl groups is 1. The van der Waals surface area contributed by atoms with Gasteiger partial charge in [0, 0.05) is 11.3 Å². The molecule has 0 unspecified atom stereocenters. The van der Waals surface area contributed by atoms with Crippen molar-refractivity contribution in [3.05, 3.63) is 24.4 Å². The number of fused-ring (bicyclic) bond motifs is 6. The molecule has 6 rings (SSSR count). The zero-order chi connectivity index (χ0) is 24.6. The van der Waals surface area contributed by atoms with E-state index in [-0.39, 0.29) is 11.3 Å². The molecule has 1 aromatic heterocycles. The van der Waals surface area contributed by atoms with Crippen molar-refractivity contribution in [2.24, 2.45) is 40.4 Å². The number of carbonyl (C=O) groups is 1. The van der Waals surface area contributed by atoms with Crippen LogP contribution in [0.4, 0.5) is 0 Å². The zero-order valence-corrected chi connectivity index (χ0v) is 21.9. The molecule has 4 aliphatic carbocycles. The number of aromatic nitrogens is 2. The average Bonchev–Trinajstić information content (AvgIpc) is 3.40. The van der Waals surface area contributed by atoms with Gasteiger partial charge >= 0.3 is 0 Å². The fourth-order valence-corrected chi connectivity index (χ4v) is 9.61. The third-order valence-electron chi connectivity index (χ3n) is 11.5. The van der Waals surface area contributed by atoms with E-state index < -0.39 is 5.60 Å². The molecular weight excluding hydrogens is 436 g/mol. The van der Waals surface area contributed by atoms with E-state index in [1.54, 1.807) is 7.11 Å². The number of rotatable bonds is 4. The Morgan fingerprint density at radius 1 is 1.06 bits per heavy atom. The maximum atomic E-state index is 13.8. The van der Waals surface area contributed by atoms with Gasteiger partial charge in [-0.15, -0.1) is 0 Å². The molecule has 8 atom stereocenters. The van der Waals surface area contributed by atoms with Gasteiger partial charge in [0.05, 0.1) is 18.9 Å². The minimum absolute atomic E-state index is 0.106. The molecule has 0 amide bonds. The van der Waals surface area contributed by atoms with Crippen LogP contribution in [-0.2, 0) is 11.3 Å².